The summed E-state index contributed by atoms with van der Waals surface area (Å²) in [5.74, 6) is -2.22. The number of allylic oxidation sites excluding steroid dienone is 1. The van der Waals surface area contributed by atoms with Gasteiger partial charge in [-0.1, -0.05) is 27.7 Å². The van der Waals surface area contributed by atoms with Crippen LogP contribution in [0.5, 0.6) is 0 Å². The number of nitrogens with zero attached hydrogens (tertiary/aromatic N) is 1. The van der Waals surface area contributed by atoms with Gasteiger partial charge in [0.25, 0.3) is 0 Å². The number of esters is 1. The number of Topliss-reactive ketones (excluding diaryl/α,β-unsaturated/α-hetero) is 1. The summed E-state index contributed by atoms with van der Waals surface area (Å²) < 4.78 is 5.77. The van der Waals surface area contributed by atoms with E-state index >= 15 is 0 Å². The van der Waals surface area contributed by atoms with Gasteiger partial charge in [0.05, 0.1) is 0 Å². The van der Waals surface area contributed by atoms with Gasteiger partial charge in [0, 0.05) is 47.7 Å². The first kappa shape index (κ1) is 30.3. The van der Waals surface area contributed by atoms with Crippen molar-refractivity contribution in [3.8, 4) is 11.1 Å². The molecule has 2 aromatic rings. The number of aliphatic carboxylic acids is 1. The Bertz CT molecular complexity index is 1470. The van der Waals surface area contributed by atoms with Gasteiger partial charge in [0.2, 0.25) is 0 Å². The van der Waals surface area contributed by atoms with E-state index in [0.29, 0.717) is 6.42 Å². The quantitative estimate of drug-likeness (QED) is 0.187. The molecule has 190 valence electrons. The van der Waals surface area contributed by atoms with E-state index in [9.17, 15) is 19.5 Å². The number of carbonyl (C=O) groups excluding carboxylic acids is 3. The Hall–Kier alpha value is -1.67. The van der Waals surface area contributed by atoms with Crippen molar-refractivity contribution in [1.29, 1.82) is 0 Å². The number of carboxylic acid groups (broad SMARTS) is 1. The molecule has 4 aliphatic rings. The van der Waals surface area contributed by atoms with Crippen molar-refractivity contribution in [2.45, 2.75) is 70.3 Å². The maximum absolute atomic E-state index is 12.8. The summed E-state index contributed by atoms with van der Waals surface area (Å²) in [4.78, 5) is 38.6. The van der Waals surface area contributed by atoms with Crippen LogP contribution in [0.15, 0.2) is 53.3 Å². The van der Waals surface area contributed by atoms with E-state index < -0.39 is 23.8 Å². The molecular weight excluding hydrogens is 512 g/mol. The molecule has 6 nitrogen and oxygen atoms in total. The Balaban J connectivity index is 0.00000176. The van der Waals surface area contributed by atoms with Gasteiger partial charge in [0.15, 0.2) is 5.78 Å². The van der Waals surface area contributed by atoms with Crippen LogP contribution >= 0.6 is 0 Å². The van der Waals surface area contributed by atoms with Crippen LogP contribution in [0.2, 0.25) is 0 Å². The zero-order valence-electron chi connectivity index (χ0n) is 23.6. The van der Waals surface area contributed by atoms with E-state index in [2.05, 4.69) is 62.9 Å². The Labute approximate surface area is 273 Å². The Morgan fingerprint density at radius 1 is 1.05 bits per heavy atom. The number of anilines is 1. The molecule has 1 aliphatic carbocycles. The molecule has 0 radical (unpaired) electrons. The average molecular weight is 542 g/mol. The molecular formula is C31H29NNa2O5. The third kappa shape index (κ3) is 4.61. The molecule has 0 amide bonds. The van der Waals surface area contributed by atoms with Crippen LogP contribution < -0.4 is 69.1 Å². The SMILES string of the molecule is CC1(C)C2=C3C=C(C(=O)CCCC(=O)[O-])C(=O)OC3CCN2c2cc3c(cc21)-c1cc[c-]cc1C3(C)C.[Na+].[Na+]. The van der Waals surface area contributed by atoms with Crippen LogP contribution in [-0.2, 0) is 30.0 Å². The smallest absolute Gasteiger partial charge is 0.550 e. The summed E-state index contributed by atoms with van der Waals surface area (Å²) in [5, 5.41) is 10.8. The molecule has 2 aromatic carbocycles. The van der Waals surface area contributed by atoms with Crippen molar-refractivity contribution in [3.05, 3.63) is 76.0 Å². The number of ether oxygens (including phenoxy) is 1. The molecule has 1 unspecified atom stereocenters. The van der Waals surface area contributed by atoms with Crippen molar-refractivity contribution < 1.29 is 83.3 Å². The number of carboxylic acids is 1. The number of benzene rings is 2. The topological polar surface area (TPSA) is 86.7 Å². The van der Waals surface area contributed by atoms with Crippen LogP contribution in [-0.4, -0.2) is 30.4 Å². The fourth-order valence-corrected chi connectivity index (χ4v) is 6.68. The summed E-state index contributed by atoms with van der Waals surface area (Å²) in [6, 6.07) is 14.1. The molecule has 3 heterocycles. The van der Waals surface area contributed by atoms with Gasteiger partial charge in [-0.3, -0.25) is 4.79 Å². The minimum Gasteiger partial charge on any atom is -0.550 e. The molecule has 8 heteroatoms. The van der Waals surface area contributed by atoms with E-state index in [0.717, 1.165) is 17.8 Å². The van der Waals surface area contributed by atoms with E-state index in [1.807, 2.05) is 6.07 Å². The molecule has 0 fully saturated rings. The van der Waals surface area contributed by atoms with Crippen LogP contribution in [0.4, 0.5) is 5.69 Å². The third-order valence-corrected chi connectivity index (χ3v) is 8.55. The van der Waals surface area contributed by atoms with Crippen molar-refractivity contribution in [2.75, 3.05) is 11.4 Å². The molecule has 0 bridgehead atoms. The first-order valence-corrected chi connectivity index (χ1v) is 12.9. The predicted octanol–water partition coefficient (Wildman–Crippen LogP) is -2.10. The fraction of sp³-hybridized carbons (Fsp3) is 0.387. The predicted molar refractivity (Wildman–Crippen MR) is 137 cm³/mol. The van der Waals surface area contributed by atoms with Gasteiger partial charge < -0.3 is 19.5 Å². The number of carbonyl (C=O) groups is 3. The molecule has 6 rings (SSSR count). The van der Waals surface area contributed by atoms with Crippen molar-refractivity contribution in [2.24, 2.45) is 0 Å². The zero-order valence-corrected chi connectivity index (χ0v) is 27.6. The van der Waals surface area contributed by atoms with E-state index in [-0.39, 0.29) is 94.8 Å². The monoisotopic (exact) mass is 541 g/mol. The number of rotatable bonds is 5. The summed E-state index contributed by atoms with van der Waals surface area (Å²) in [6.45, 7) is 9.61. The van der Waals surface area contributed by atoms with Crippen molar-refractivity contribution in [1.82, 2.24) is 0 Å². The largest absolute Gasteiger partial charge is 1.00 e. The molecule has 3 aliphatic heterocycles. The third-order valence-electron chi connectivity index (χ3n) is 8.55. The fourth-order valence-electron chi connectivity index (χ4n) is 6.68. The van der Waals surface area contributed by atoms with E-state index in [1.54, 1.807) is 6.08 Å². The minimum atomic E-state index is -1.21. The number of hydrogen-bond acceptors (Lipinski definition) is 6. The summed E-state index contributed by atoms with van der Waals surface area (Å²) >= 11 is 0. The van der Waals surface area contributed by atoms with Crippen molar-refractivity contribution in [3.63, 3.8) is 0 Å². The van der Waals surface area contributed by atoms with Crippen molar-refractivity contribution >= 4 is 23.4 Å². The number of hydrogen-bond donors (Lipinski definition) is 0. The molecule has 0 spiro atoms. The molecule has 0 N–H and O–H groups in total. The second-order valence-corrected chi connectivity index (χ2v) is 11.5. The van der Waals surface area contributed by atoms with Gasteiger partial charge in [-0.15, -0.1) is 11.1 Å². The van der Waals surface area contributed by atoms with Gasteiger partial charge in [0.1, 0.15) is 11.7 Å². The first-order chi connectivity index (χ1) is 17.5. The number of fused-ring (bicyclic) bond motifs is 7. The normalized spacial score (nSPS) is 20.7. The second-order valence-electron chi connectivity index (χ2n) is 11.5. The molecule has 0 saturated carbocycles. The van der Waals surface area contributed by atoms with E-state index in [1.165, 1.54) is 33.5 Å². The van der Waals surface area contributed by atoms with Crippen LogP contribution in [0.3, 0.4) is 0 Å². The average Bonchev–Trinajstić information content (AvgIpc) is 3.22. The molecule has 0 aromatic heterocycles. The van der Waals surface area contributed by atoms with Gasteiger partial charge >= 0.3 is 65.1 Å². The van der Waals surface area contributed by atoms with Crippen LogP contribution in [0, 0.1) is 6.07 Å². The van der Waals surface area contributed by atoms with Crippen LogP contribution in [0.25, 0.3) is 11.1 Å². The summed E-state index contributed by atoms with van der Waals surface area (Å²) in [7, 11) is 0. The Morgan fingerprint density at radius 2 is 1.79 bits per heavy atom. The maximum atomic E-state index is 12.8. The molecule has 39 heavy (non-hydrogen) atoms. The van der Waals surface area contributed by atoms with Gasteiger partial charge in [-0.2, -0.15) is 24.3 Å². The molecule has 1 atom stereocenters. The summed E-state index contributed by atoms with van der Waals surface area (Å²) in [5.41, 5.74) is 8.88. The second kappa shape index (κ2) is 10.6. The van der Waals surface area contributed by atoms with Crippen LogP contribution in [0.1, 0.15) is 70.1 Å². The Kier molecular flexibility index (Phi) is 8.25. The van der Waals surface area contributed by atoms with E-state index in [4.69, 9.17) is 4.74 Å². The standard InChI is InChI=1S/C31H30NO5.2Na/c1-30(2)21-9-6-5-8-17(21)18-15-23-24(16-22(18)30)32-13-12-26-20(28(32)31(23,3)4)14-19(29(36)37-26)25(33)10-7-11-27(34)35;;/h5,8-9,14-16,26H,7,10-13H2,1-4H3,(H,34,35);;/q-1;2*+1/p-1. The zero-order chi connectivity index (χ0) is 26.3. The maximum Gasteiger partial charge on any atom is 1.00 e. The summed E-state index contributed by atoms with van der Waals surface area (Å²) in [6.07, 6.45) is 1.82. The minimum absolute atomic E-state index is 0. The molecule has 0 saturated heterocycles. The van der Waals surface area contributed by atoms with Gasteiger partial charge in [-0.25, -0.2) is 4.79 Å². The Morgan fingerprint density at radius 3 is 2.51 bits per heavy atom. The first-order valence-electron chi connectivity index (χ1n) is 12.9. The van der Waals surface area contributed by atoms with Gasteiger partial charge in [-0.05, 0) is 53.2 Å². The number of ketones is 1.